The summed E-state index contributed by atoms with van der Waals surface area (Å²) in [5, 5.41) is 19.7. The molecular weight excluding hydrogens is 964 g/mol. The van der Waals surface area contributed by atoms with Gasteiger partial charge in [0.25, 0.3) is 0 Å². The van der Waals surface area contributed by atoms with Crippen LogP contribution in [-0.2, 0) is 38.1 Å². The summed E-state index contributed by atoms with van der Waals surface area (Å²) < 4.78 is 71.5. The van der Waals surface area contributed by atoms with Crippen molar-refractivity contribution >= 4 is 44.0 Å². The van der Waals surface area contributed by atoms with Crippen molar-refractivity contribution in [3.8, 4) is 0 Å². The number of amides is 2. The van der Waals surface area contributed by atoms with Gasteiger partial charge in [-0.25, -0.2) is 27.2 Å². The van der Waals surface area contributed by atoms with Gasteiger partial charge in [0.1, 0.15) is 40.6 Å². The van der Waals surface area contributed by atoms with Crippen LogP contribution in [0.25, 0.3) is 0 Å². The molecule has 0 radical (unpaired) electrons. The minimum absolute atomic E-state index is 0.00375. The second kappa shape index (κ2) is 21.5. The molecule has 0 aromatic heterocycles. The summed E-state index contributed by atoms with van der Waals surface area (Å²) in [6.07, 6.45) is 1.99. The zero-order chi connectivity index (χ0) is 47.0. The van der Waals surface area contributed by atoms with Gasteiger partial charge in [0.15, 0.2) is 0 Å². The van der Waals surface area contributed by atoms with Crippen molar-refractivity contribution in [2.75, 3.05) is 13.2 Å². The summed E-state index contributed by atoms with van der Waals surface area (Å²) in [7, 11) is 0. The van der Waals surface area contributed by atoms with E-state index in [1.165, 1.54) is 29.8 Å². The van der Waals surface area contributed by atoms with Crippen LogP contribution in [0, 0.1) is 23.3 Å². The number of alkyl carbamates (subject to hydrolysis) is 2. The molecule has 1 heterocycles. The number of carbonyl (C=O) groups excluding carboxylic acids is 2. The third kappa shape index (κ3) is 17.1. The van der Waals surface area contributed by atoms with Gasteiger partial charge in [-0.05, 0) is 151 Å². The van der Waals surface area contributed by atoms with Gasteiger partial charge in [-0.15, -0.1) is 0 Å². The van der Waals surface area contributed by atoms with Crippen molar-refractivity contribution in [2.45, 2.75) is 127 Å². The lowest BCUT2D eigenvalue weighted by molar-refractivity contribution is 0.0417. The molecule has 6 N–H and O–H groups in total. The van der Waals surface area contributed by atoms with Crippen molar-refractivity contribution in [1.29, 1.82) is 0 Å². The van der Waals surface area contributed by atoms with Crippen LogP contribution in [0.3, 0.4) is 0 Å². The van der Waals surface area contributed by atoms with E-state index in [9.17, 15) is 32.3 Å². The first-order chi connectivity index (χ1) is 29.9. The number of halogens is 6. The molecule has 1 aliphatic heterocycles. The maximum absolute atomic E-state index is 13.7. The van der Waals surface area contributed by atoms with Gasteiger partial charge in [-0.1, -0.05) is 56.1 Å². The SMILES string of the molecule is CC(C)(C)OC(=O)N[C@@H](Cc1cc(F)cc(F)c1)C1CO1.CC(C)(C)OC(=O)N[C@@H](Cc1cc(F)cc(F)c1)[C@H](O)CNC1(c2cccc(Br)c2)CC1.NC1(c2cccc(Br)c2)CC1. The molecule has 4 atom stereocenters. The van der Waals surface area contributed by atoms with Crippen LogP contribution in [0.15, 0.2) is 93.9 Å². The normalized spacial score (nSPS) is 18.1. The Bertz CT molecular complexity index is 2190. The molecule has 0 bridgehead atoms. The minimum atomic E-state index is -1.02. The molecule has 1 saturated heterocycles. The molecule has 1 unspecified atom stereocenters. The van der Waals surface area contributed by atoms with Crippen LogP contribution in [0.2, 0.25) is 0 Å². The maximum atomic E-state index is 13.7. The summed E-state index contributed by atoms with van der Waals surface area (Å²) in [5.74, 6) is -2.71. The topological polar surface area (TPSA) is 147 Å². The highest BCUT2D eigenvalue weighted by Gasteiger charge is 2.45. The fourth-order valence-electron chi connectivity index (χ4n) is 6.87. The molecular formula is C48H58Br2F4N4O6. The van der Waals surface area contributed by atoms with Gasteiger partial charge in [0.2, 0.25) is 0 Å². The number of carbonyl (C=O) groups is 2. The lowest BCUT2D eigenvalue weighted by Gasteiger charge is -2.28. The number of aliphatic hydroxyl groups excluding tert-OH is 1. The standard InChI is InChI=1S/C24H29BrF2N2O3.C15H19F2NO3.C9H10BrN/c1-23(2,3)32-22(31)29-20(11-15-9-18(26)13-19(27)10-15)21(30)14-28-24(7-8-24)16-5-4-6-17(25)12-16;1-15(2,3)21-14(19)18-12(13-8-20-13)6-9-4-10(16)7-11(17)5-9;10-8-3-1-2-7(6-8)9(11)4-5-9/h4-6,9-10,12-13,20-21,28,30H,7-8,11,14H2,1-3H3,(H,29,31);4-5,7,12-13H,6,8H2,1-3H3,(H,18,19);1-3,6H,4-5,11H2/t20-,21+;12-,13?;/m00./s1. The summed E-state index contributed by atoms with van der Waals surface area (Å²) in [6.45, 7) is 11.2. The number of hydrogen-bond donors (Lipinski definition) is 5. The highest BCUT2D eigenvalue weighted by atomic mass is 79.9. The maximum Gasteiger partial charge on any atom is 0.407 e. The third-order valence-corrected chi connectivity index (χ3v) is 11.4. The first-order valence-electron chi connectivity index (χ1n) is 21.1. The lowest BCUT2D eigenvalue weighted by atomic mass is 9.99. The van der Waals surface area contributed by atoms with Gasteiger partial charge >= 0.3 is 12.2 Å². The number of aliphatic hydroxyl groups is 1. The Morgan fingerprint density at radius 3 is 1.62 bits per heavy atom. The molecule has 7 rings (SSSR count). The van der Waals surface area contributed by atoms with E-state index in [1.54, 1.807) is 41.5 Å². The van der Waals surface area contributed by atoms with Crippen LogP contribution < -0.4 is 21.7 Å². The van der Waals surface area contributed by atoms with Gasteiger partial charge in [0, 0.05) is 38.7 Å². The zero-order valence-corrected chi connectivity index (χ0v) is 40.1. The zero-order valence-electron chi connectivity index (χ0n) is 36.9. The molecule has 2 saturated carbocycles. The van der Waals surface area contributed by atoms with E-state index in [0.717, 1.165) is 52.3 Å². The molecule has 348 valence electrons. The van der Waals surface area contributed by atoms with Crippen LogP contribution in [-0.4, -0.2) is 65.9 Å². The number of epoxide rings is 1. The fraction of sp³-hybridized carbons (Fsp3) is 0.458. The number of nitrogens with one attached hydrogen (secondary N) is 3. The molecule has 4 aromatic carbocycles. The quantitative estimate of drug-likeness (QED) is 0.0657. The van der Waals surface area contributed by atoms with E-state index in [2.05, 4.69) is 59.9 Å². The number of ether oxygens (including phenoxy) is 3. The van der Waals surface area contributed by atoms with Gasteiger partial charge in [-0.2, -0.15) is 0 Å². The molecule has 0 spiro atoms. The first kappa shape index (κ1) is 50.9. The predicted octanol–water partition coefficient (Wildman–Crippen LogP) is 10.00. The van der Waals surface area contributed by atoms with Crippen LogP contribution in [0.4, 0.5) is 27.2 Å². The molecule has 64 heavy (non-hydrogen) atoms. The lowest BCUT2D eigenvalue weighted by Crippen LogP contribution is -2.51. The van der Waals surface area contributed by atoms with E-state index >= 15 is 0 Å². The molecule has 2 aliphatic carbocycles. The second-order valence-corrected chi connectivity index (χ2v) is 20.4. The Kier molecular flexibility index (Phi) is 17.1. The first-order valence-corrected chi connectivity index (χ1v) is 22.7. The van der Waals surface area contributed by atoms with Crippen LogP contribution >= 0.6 is 31.9 Å². The molecule has 10 nitrogen and oxygen atoms in total. The van der Waals surface area contributed by atoms with E-state index < -0.39 is 58.8 Å². The summed E-state index contributed by atoms with van der Waals surface area (Å²) >= 11 is 6.91. The average Bonchev–Trinajstić information content (AvgIpc) is 4.04. The summed E-state index contributed by atoms with van der Waals surface area (Å²) in [6, 6.07) is 21.5. The summed E-state index contributed by atoms with van der Waals surface area (Å²) in [4.78, 5) is 24.1. The van der Waals surface area contributed by atoms with Crippen molar-refractivity contribution in [3.05, 3.63) is 139 Å². The van der Waals surface area contributed by atoms with E-state index in [1.807, 2.05) is 36.4 Å². The monoisotopic (exact) mass is 1020 g/mol. The molecule has 16 heteroatoms. The second-order valence-electron chi connectivity index (χ2n) is 18.5. The highest BCUT2D eigenvalue weighted by Crippen LogP contribution is 2.46. The van der Waals surface area contributed by atoms with E-state index in [-0.39, 0.29) is 42.6 Å². The minimum Gasteiger partial charge on any atom is -0.444 e. The number of benzene rings is 4. The number of nitrogens with two attached hydrogens (primary N) is 1. The molecule has 2 amide bonds. The average molecular weight is 1020 g/mol. The van der Waals surface area contributed by atoms with Gasteiger partial charge < -0.3 is 41.0 Å². The molecule has 3 fully saturated rings. The fourth-order valence-corrected chi connectivity index (χ4v) is 7.67. The molecule has 3 aliphatic rings. The summed E-state index contributed by atoms with van der Waals surface area (Å²) in [5.41, 5.74) is 7.62. The Balaban J connectivity index is 0.000000204. The number of hydrogen-bond acceptors (Lipinski definition) is 8. The van der Waals surface area contributed by atoms with Gasteiger partial charge in [0.05, 0.1) is 24.8 Å². The largest absolute Gasteiger partial charge is 0.444 e. The third-order valence-electron chi connectivity index (χ3n) is 10.4. The Morgan fingerprint density at radius 2 is 1.19 bits per heavy atom. The van der Waals surface area contributed by atoms with Crippen molar-refractivity contribution in [3.63, 3.8) is 0 Å². The Morgan fingerprint density at radius 1 is 0.734 bits per heavy atom. The van der Waals surface area contributed by atoms with E-state index in [0.29, 0.717) is 17.7 Å². The van der Waals surface area contributed by atoms with E-state index in [4.69, 9.17) is 19.9 Å². The Labute approximate surface area is 389 Å². The van der Waals surface area contributed by atoms with Crippen molar-refractivity contribution in [2.24, 2.45) is 5.73 Å². The van der Waals surface area contributed by atoms with Crippen molar-refractivity contribution in [1.82, 2.24) is 16.0 Å². The van der Waals surface area contributed by atoms with Crippen LogP contribution in [0.1, 0.15) is 89.5 Å². The van der Waals surface area contributed by atoms with Gasteiger partial charge in [-0.3, -0.25) is 0 Å². The molecule has 4 aromatic rings. The smallest absolute Gasteiger partial charge is 0.407 e. The van der Waals surface area contributed by atoms with Crippen LogP contribution in [0.5, 0.6) is 0 Å². The number of rotatable bonds is 13. The highest BCUT2D eigenvalue weighted by molar-refractivity contribution is 9.10. The Hall–Kier alpha value is -4.06. The predicted molar refractivity (Wildman–Crippen MR) is 244 cm³/mol. The van der Waals surface area contributed by atoms with Crippen molar-refractivity contribution < 1.29 is 46.5 Å².